The lowest BCUT2D eigenvalue weighted by Gasteiger charge is -2.30. The van der Waals surface area contributed by atoms with Crippen molar-refractivity contribution in [2.24, 2.45) is 0 Å². The highest BCUT2D eigenvalue weighted by molar-refractivity contribution is 6.19. The molecule has 17 heavy (non-hydrogen) atoms. The van der Waals surface area contributed by atoms with E-state index in [0.29, 0.717) is 5.88 Å². The topological polar surface area (TPSA) is 3.24 Å². The van der Waals surface area contributed by atoms with Gasteiger partial charge in [0.2, 0.25) is 0 Å². The van der Waals surface area contributed by atoms with Gasteiger partial charge < -0.3 is 4.90 Å². The summed E-state index contributed by atoms with van der Waals surface area (Å²) in [4.78, 5) is 2.48. The van der Waals surface area contributed by atoms with Crippen LogP contribution in [0.2, 0.25) is 0 Å². The van der Waals surface area contributed by atoms with Gasteiger partial charge >= 0.3 is 0 Å². The number of hydrogen-bond acceptors (Lipinski definition) is 1. The molecule has 0 unspecified atom stereocenters. The van der Waals surface area contributed by atoms with Crippen LogP contribution in [0, 0.1) is 0 Å². The van der Waals surface area contributed by atoms with Gasteiger partial charge in [-0.2, -0.15) is 0 Å². The first-order valence-electron chi connectivity index (χ1n) is 5.98. The van der Waals surface area contributed by atoms with Gasteiger partial charge in [-0.15, -0.1) is 24.0 Å². The fraction of sp³-hybridized carbons (Fsp3) is 0.429. The average Bonchev–Trinajstić information content (AvgIpc) is 2.38. The molecule has 0 aliphatic carbocycles. The standard InChI is InChI=1S/C14H18ClN.ClH/c15-10-6-8-13-7-2-3-9-14(13)16-11-4-1-5-12-16;/h2-3,6-9H,1,4-5,10-12H2;1H/b8-6+;. The zero-order valence-electron chi connectivity index (χ0n) is 9.94. The third-order valence-corrected chi connectivity index (χ3v) is 3.20. The Morgan fingerprint density at radius 2 is 1.82 bits per heavy atom. The van der Waals surface area contributed by atoms with Crippen molar-refractivity contribution in [2.45, 2.75) is 19.3 Å². The maximum Gasteiger partial charge on any atom is 0.0439 e. The van der Waals surface area contributed by atoms with E-state index in [-0.39, 0.29) is 12.4 Å². The number of hydrogen-bond donors (Lipinski definition) is 0. The maximum atomic E-state index is 5.69. The lowest BCUT2D eigenvalue weighted by molar-refractivity contribution is 0.577. The Labute approximate surface area is 115 Å². The summed E-state index contributed by atoms with van der Waals surface area (Å²) in [5.41, 5.74) is 2.63. The van der Waals surface area contributed by atoms with Crippen LogP contribution in [0.1, 0.15) is 24.8 Å². The number of nitrogens with zero attached hydrogens (tertiary/aromatic N) is 1. The molecule has 1 aromatic carbocycles. The molecule has 0 atom stereocenters. The summed E-state index contributed by atoms with van der Waals surface area (Å²) in [7, 11) is 0. The Morgan fingerprint density at radius 3 is 2.53 bits per heavy atom. The van der Waals surface area contributed by atoms with Crippen LogP contribution in [-0.4, -0.2) is 19.0 Å². The van der Waals surface area contributed by atoms with E-state index in [1.54, 1.807) is 0 Å². The highest BCUT2D eigenvalue weighted by Crippen LogP contribution is 2.24. The number of allylic oxidation sites excluding steroid dienone is 1. The number of benzene rings is 1. The van der Waals surface area contributed by atoms with E-state index in [1.807, 2.05) is 6.08 Å². The lowest BCUT2D eigenvalue weighted by atomic mass is 10.1. The van der Waals surface area contributed by atoms with Crippen molar-refractivity contribution in [3.8, 4) is 0 Å². The smallest absolute Gasteiger partial charge is 0.0439 e. The summed E-state index contributed by atoms with van der Waals surface area (Å²) >= 11 is 5.69. The Balaban J connectivity index is 0.00000144. The van der Waals surface area contributed by atoms with E-state index in [9.17, 15) is 0 Å². The van der Waals surface area contributed by atoms with Gasteiger partial charge in [0.25, 0.3) is 0 Å². The molecule has 1 heterocycles. The fourth-order valence-corrected chi connectivity index (χ4v) is 2.31. The Hall–Kier alpha value is -0.660. The van der Waals surface area contributed by atoms with Crippen LogP contribution in [0.15, 0.2) is 30.3 Å². The molecule has 1 aromatic rings. The summed E-state index contributed by atoms with van der Waals surface area (Å²) in [6.07, 6.45) is 8.12. The van der Waals surface area contributed by atoms with Crippen molar-refractivity contribution in [3.63, 3.8) is 0 Å². The number of halogens is 2. The molecule has 1 aliphatic rings. The van der Waals surface area contributed by atoms with E-state index >= 15 is 0 Å². The summed E-state index contributed by atoms with van der Waals surface area (Å²) in [5.74, 6) is 0.578. The molecule has 0 N–H and O–H groups in total. The zero-order valence-corrected chi connectivity index (χ0v) is 11.5. The minimum absolute atomic E-state index is 0. The Morgan fingerprint density at radius 1 is 1.12 bits per heavy atom. The van der Waals surface area contributed by atoms with Crippen molar-refractivity contribution >= 4 is 35.8 Å². The molecule has 94 valence electrons. The number of para-hydroxylation sites is 1. The van der Waals surface area contributed by atoms with Crippen molar-refractivity contribution < 1.29 is 0 Å². The van der Waals surface area contributed by atoms with E-state index in [1.165, 1.54) is 43.6 Å². The predicted molar refractivity (Wildman–Crippen MR) is 79.5 cm³/mol. The van der Waals surface area contributed by atoms with E-state index in [4.69, 9.17) is 11.6 Å². The Kier molecular flexibility index (Phi) is 6.46. The van der Waals surface area contributed by atoms with Crippen LogP contribution in [0.5, 0.6) is 0 Å². The molecule has 0 bridgehead atoms. The van der Waals surface area contributed by atoms with Gasteiger partial charge in [-0.05, 0) is 30.9 Å². The molecule has 1 fully saturated rings. The fourth-order valence-electron chi connectivity index (χ4n) is 2.22. The number of piperidine rings is 1. The second-order valence-electron chi connectivity index (χ2n) is 4.16. The number of alkyl halides is 1. The van der Waals surface area contributed by atoms with Crippen molar-refractivity contribution in [2.75, 3.05) is 23.9 Å². The molecule has 1 nitrogen and oxygen atoms in total. The van der Waals surface area contributed by atoms with Gasteiger partial charge in [0.05, 0.1) is 0 Å². The third kappa shape index (κ3) is 3.93. The molecular formula is C14H19Cl2N. The van der Waals surface area contributed by atoms with E-state index < -0.39 is 0 Å². The maximum absolute atomic E-state index is 5.69. The number of anilines is 1. The van der Waals surface area contributed by atoms with Gasteiger partial charge in [0, 0.05) is 24.7 Å². The average molecular weight is 272 g/mol. The Bertz CT molecular complexity index is 357. The minimum Gasteiger partial charge on any atom is -0.371 e. The second kappa shape index (κ2) is 7.62. The van der Waals surface area contributed by atoms with Crippen LogP contribution in [0.4, 0.5) is 5.69 Å². The molecule has 3 heteroatoms. The first kappa shape index (κ1) is 14.4. The van der Waals surface area contributed by atoms with Crippen molar-refractivity contribution in [1.82, 2.24) is 0 Å². The van der Waals surface area contributed by atoms with Crippen LogP contribution in [0.25, 0.3) is 6.08 Å². The van der Waals surface area contributed by atoms with Gasteiger partial charge in [-0.3, -0.25) is 0 Å². The SMILES string of the molecule is Cl.ClC/C=C/c1ccccc1N1CCCCC1. The number of rotatable bonds is 3. The van der Waals surface area contributed by atoms with Crippen LogP contribution >= 0.6 is 24.0 Å². The quantitative estimate of drug-likeness (QED) is 0.739. The summed E-state index contributed by atoms with van der Waals surface area (Å²) in [6.45, 7) is 2.37. The first-order chi connectivity index (χ1) is 7.92. The zero-order chi connectivity index (χ0) is 11.2. The molecule has 0 saturated carbocycles. The summed E-state index contributed by atoms with van der Waals surface area (Å²) in [6, 6.07) is 8.57. The predicted octanol–water partition coefficient (Wildman–Crippen LogP) is 4.35. The van der Waals surface area contributed by atoms with Gasteiger partial charge in [-0.1, -0.05) is 30.4 Å². The normalized spacial score (nSPS) is 15.9. The van der Waals surface area contributed by atoms with Crippen LogP contribution in [0.3, 0.4) is 0 Å². The molecular weight excluding hydrogens is 253 g/mol. The van der Waals surface area contributed by atoms with Gasteiger partial charge in [0.1, 0.15) is 0 Å². The minimum atomic E-state index is 0. The summed E-state index contributed by atoms with van der Waals surface area (Å²) in [5, 5.41) is 0. The van der Waals surface area contributed by atoms with Gasteiger partial charge in [-0.25, -0.2) is 0 Å². The van der Waals surface area contributed by atoms with Crippen LogP contribution in [-0.2, 0) is 0 Å². The highest BCUT2D eigenvalue weighted by atomic mass is 35.5. The highest BCUT2D eigenvalue weighted by Gasteiger charge is 2.12. The monoisotopic (exact) mass is 271 g/mol. The third-order valence-electron chi connectivity index (χ3n) is 3.02. The van der Waals surface area contributed by atoms with Crippen molar-refractivity contribution in [3.05, 3.63) is 35.9 Å². The van der Waals surface area contributed by atoms with Crippen LogP contribution < -0.4 is 4.90 Å². The molecule has 2 rings (SSSR count). The van der Waals surface area contributed by atoms with E-state index in [2.05, 4.69) is 35.2 Å². The molecule has 1 saturated heterocycles. The lowest BCUT2D eigenvalue weighted by Crippen LogP contribution is -2.29. The molecule has 0 radical (unpaired) electrons. The molecule has 0 amide bonds. The first-order valence-corrected chi connectivity index (χ1v) is 6.52. The largest absolute Gasteiger partial charge is 0.371 e. The van der Waals surface area contributed by atoms with Gasteiger partial charge in [0.15, 0.2) is 0 Å². The summed E-state index contributed by atoms with van der Waals surface area (Å²) < 4.78 is 0. The molecule has 1 aliphatic heterocycles. The molecule has 0 spiro atoms. The van der Waals surface area contributed by atoms with Crippen molar-refractivity contribution in [1.29, 1.82) is 0 Å². The second-order valence-corrected chi connectivity index (χ2v) is 4.47. The molecule has 0 aromatic heterocycles. The van der Waals surface area contributed by atoms with E-state index in [0.717, 1.165) is 0 Å².